The van der Waals surface area contributed by atoms with E-state index in [0.717, 1.165) is 5.57 Å². The second-order valence-electron chi connectivity index (χ2n) is 5.47. The Hall–Kier alpha value is -2.36. The summed E-state index contributed by atoms with van der Waals surface area (Å²) in [5, 5.41) is 0. The molecule has 0 spiro atoms. The van der Waals surface area contributed by atoms with Crippen LogP contribution in [-0.2, 0) is 9.53 Å². The molecular weight excluding hydrogens is 288 g/mol. The Morgan fingerprint density at radius 3 is 2.26 bits per heavy atom. The van der Waals surface area contributed by atoms with E-state index < -0.39 is 0 Å². The first-order chi connectivity index (χ1) is 10.8. The van der Waals surface area contributed by atoms with Crippen LogP contribution in [0.2, 0.25) is 0 Å². The van der Waals surface area contributed by atoms with Gasteiger partial charge in [-0.05, 0) is 52.8 Å². The summed E-state index contributed by atoms with van der Waals surface area (Å²) >= 11 is 0. The number of ether oxygens (including phenoxy) is 1. The van der Waals surface area contributed by atoms with Gasteiger partial charge in [0.1, 0.15) is 11.5 Å². The first kappa shape index (κ1) is 20.6. The van der Waals surface area contributed by atoms with Gasteiger partial charge in [-0.3, -0.25) is 9.79 Å². The van der Waals surface area contributed by atoms with Gasteiger partial charge in [0.25, 0.3) is 5.91 Å². The van der Waals surface area contributed by atoms with Crippen LogP contribution in [0.3, 0.4) is 0 Å². The Bertz CT molecular complexity index is 560. The average Bonchev–Trinajstić information content (AvgIpc) is 2.51. The van der Waals surface area contributed by atoms with E-state index in [-0.39, 0.29) is 11.9 Å². The maximum absolute atomic E-state index is 12.7. The van der Waals surface area contributed by atoms with Gasteiger partial charge in [0.05, 0.1) is 11.8 Å². The van der Waals surface area contributed by atoms with Gasteiger partial charge in [0, 0.05) is 19.3 Å². The zero-order valence-corrected chi connectivity index (χ0v) is 15.1. The molecule has 0 aromatic heterocycles. The number of hydrogen-bond acceptors (Lipinski definition) is 3. The number of carbonyl (C=O) groups is 1. The molecule has 0 saturated heterocycles. The fraction of sp³-hybridized carbons (Fsp3) is 0.368. The third-order valence-corrected chi connectivity index (χ3v) is 3.03. The Balaban J connectivity index is 5.94. The second-order valence-corrected chi connectivity index (χ2v) is 5.47. The van der Waals surface area contributed by atoms with Gasteiger partial charge in [-0.1, -0.05) is 18.7 Å². The maximum Gasteiger partial charge on any atom is 0.257 e. The molecule has 0 unspecified atom stereocenters. The molecule has 0 saturated carbocycles. The Morgan fingerprint density at radius 2 is 1.87 bits per heavy atom. The third kappa shape index (κ3) is 6.96. The van der Waals surface area contributed by atoms with Gasteiger partial charge in [0.2, 0.25) is 0 Å². The monoisotopic (exact) mass is 316 g/mol. The molecule has 0 rings (SSSR count). The Kier molecular flexibility index (Phi) is 9.31. The SMILES string of the molecule is C=CN=C/C(=C\C)O/C(C=C)=C(/C=C(C)C)C(=O)N(C)C(C)C. The molecule has 0 fully saturated rings. The van der Waals surface area contributed by atoms with Crippen molar-refractivity contribution in [1.29, 1.82) is 0 Å². The molecule has 0 aromatic rings. The molecule has 0 radical (unpaired) electrons. The molecule has 0 aliphatic heterocycles. The van der Waals surface area contributed by atoms with Crippen LogP contribution >= 0.6 is 0 Å². The predicted molar refractivity (Wildman–Crippen MR) is 98.1 cm³/mol. The molecule has 0 aromatic carbocycles. The minimum absolute atomic E-state index is 0.0812. The maximum atomic E-state index is 12.7. The van der Waals surface area contributed by atoms with Crippen LogP contribution in [0.5, 0.6) is 0 Å². The fourth-order valence-corrected chi connectivity index (χ4v) is 1.57. The minimum Gasteiger partial charge on any atom is -0.455 e. The van der Waals surface area contributed by atoms with E-state index in [1.54, 1.807) is 24.1 Å². The van der Waals surface area contributed by atoms with Gasteiger partial charge in [-0.15, -0.1) is 0 Å². The Labute approximate surface area is 140 Å². The van der Waals surface area contributed by atoms with Crippen LogP contribution in [0, 0.1) is 0 Å². The lowest BCUT2D eigenvalue weighted by molar-refractivity contribution is -0.127. The van der Waals surface area contributed by atoms with Gasteiger partial charge < -0.3 is 9.64 Å². The quantitative estimate of drug-likeness (QED) is 0.288. The highest BCUT2D eigenvalue weighted by Gasteiger charge is 2.20. The van der Waals surface area contributed by atoms with E-state index in [2.05, 4.69) is 18.2 Å². The summed E-state index contributed by atoms with van der Waals surface area (Å²) in [5.41, 5.74) is 1.46. The minimum atomic E-state index is -0.118. The lowest BCUT2D eigenvalue weighted by Crippen LogP contribution is -2.34. The molecule has 0 aliphatic rings. The van der Waals surface area contributed by atoms with Gasteiger partial charge in [-0.2, -0.15) is 0 Å². The van der Waals surface area contributed by atoms with Crippen molar-refractivity contribution < 1.29 is 9.53 Å². The number of likely N-dealkylation sites (N-methyl/N-ethyl adjacent to an activating group) is 1. The number of allylic oxidation sites excluding steroid dienone is 4. The molecule has 0 atom stereocenters. The first-order valence-corrected chi connectivity index (χ1v) is 7.55. The molecule has 4 heteroatoms. The number of carbonyl (C=O) groups excluding carboxylic acids is 1. The Morgan fingerprint density at radius 1 is 1.26 bits per heavy atom. The van der Waals surface area contributed by atoms with Crippen LogP contribution in [-0.4, -0.2) is 30.1 Å². The molecule has 23 heavy (non-hydrogen) atoms. The van der Waals surface area contributed by atoms with Crippen molar-refractivity contribution in [3.8, 4) is 0 Å². The van der Waals surface area contributed by atoms with Gasteiger partial charge in [0.15, 0.2) is 0 Å². The molecule has 1 amide bonds. The molecule has 0 N–H and O–H groups in total. The summed E-state index contributed by atoms with van der Waals surface area (Å²) in [7, 11) is 1.77. The largest absolute Gasteiger partial charge is 0.455 e. The van der Waals surface area contributed by atoms with E-state index >= 15 is 0 Å². The normalized spacial score (nSPS) is 12.7. The summed E-state index contributed by atoms with van der Waals surface area (Å²) < 4.78 is 5.80. The van der Waals surface area contributed by atoms with Gasteiger partial charge >= 0.3 is 0 Å². The van der Waals surface area contributed by atoms with E-state index in [9.17, 15) is 4.79 Å². The summed E-state index contributed by atoms with van der Waals surface area (Å²) in [6.45, 7) is 16.9. The molecule has 126 valence electrons. The standard InChI is InChI=1S/C19H28N2O2/c1-9-16(13-20-11-3)23-18(10-2)17(12-14(4)5)19(22)21(8)15(6)7/h9-13,15H,2-3H2,1,4-8H3/b16-9+,18-17-,20-13?. The zero-order valence-electron chi connectivity index (χ0n) is 15.1. The number of amides is 1. The lowest BCUT2D eigenvalue weighted by atomic mass is 10.1. The van der Waals surface area contributed by atoms with Crippen molar-refractivity contribution in [3.63, 3.8) is 0 Å². The van der Waals surface area contributed by atoms with Crippen LogP contribution in [0.25, 0.3) is 0 Å². The first-order valence-electron chi connectivity index (χ1n) is 7.55. The summed E-state index contributed by atoms with van der Waals surface area (Å²) in [5.74, 6) is 0.791. The lowest BCUT2D eigenvalue weighted by Gasteiger charge is -2.23. The average molecular weight is 316 g/mol. The second kappa shape index (κ2) is 10.4. The number of hydrogen-bond donors (Lipinski definition) is 0. The molecule has 0 bridgehead atoms. The van der Waals surface area contributed by atoms with E-state index in [1.165, 1.54) is 18.5 Å². The van der Waals surface area contributed by atoms with Crippen molar-refractivity contribution in [2.24, 2.45) is 4.99 Å². The van der Waals surface area contributed by atoms with Crippen molar-refractivity contribution in [2.75, 3.05) is 7.05 Å². The van der Waals surface area contributed by atoms with E-state index in [4.69, 9.17) is 4.74 Å². The molecule has 0 heterocycles. The van der Waals surface area contributed by atoms with Crippen LogP contribution in [0.15, 0.2) is 65.2 Å². The topological polar surface area (TPSA) is 41.9 Å². The van der Waals surface area contributed by atoms with Crippen molar-refractivity contribution in [1.82, 2.24) is 4.90 Å². The zero-order chi connectivity index (χ0) is 18.0. The smallest absolute Gasteiger partial charge is 0.257 e. The fourth-order valence-electron chi connectivity index (χ4n) is 1.57. The highest BCUT2D eigenvalue weighted by molar-refractivity contribution is 5.97. The summed E-state index contributed by atoms with van der Waals surface area (Å²) in [4.78, 5) is 18.3. The summed E-state index contributed by atoms with van der Waals surface area (Å²) in [6.07, 6.45) is 8.04. The molecule has 0 aliphatic carbocycles. The predicted octanol–water partition coefficient (Wildman–Crippen LogP) is 4.39. The van der Waals surface area contributed by atoms with E-state index in [0.29, 0.717) is 17.1 Å². The molecule has 4 nitrogen and oxygen atoms in total. The number of aliphatic imine (C=N–C) groups is 1. The van der Waals surface area contributed by atoms with Crippen molar-refractivity contribution in [3.05, 3.63) is 60.3 Å². The van der Waals surface area contributed by atoms with Crippen molar-refractivity contribution in [2.45, 2.75) is 40.7 Å². The van der Waals surface area contributed by atoms with Gasteiger partial charge in [-0.25, -0.2) is 0 Å². The van der Waals surface area contributed by atoms with Crippen LogP contribution in [0.1, 0.15) is 34.6 Å². The molecular formula is C19H28N2O2. The highest BCUT2D eigenvalue weighted by Crippen LogP contribution is 2.18. The summed E-state index contributed by atoms with van der Waals surface area (Å²) in [6, 6.07) is 0.0812. The van der Waals surface area contributed by atoms with Crippen LogP contribution in [0.4, 0.5) is 0 Å². The third-order valence-electron chi connectivity index (χ3n) is 3.03. The van der Waals surface area contributed by atoms with Crippen molar-refractivity contribution >= 4 is 12.1 Å². The van der Waals surface area contributed by atoms with E-state index in [1.807, 2.05) is 34.6 Å². The number of nitrogens with zero attached hydrogens (tertiary/aromatic N) is 2. The number of rotatable bonds is 8. The van der Waals surface area contributed by atoms with Crippen LogP contribution < -0.4 is 0 Å². The highest BCUT2D eigenvalue weighted by atomic mass is 16.5.